The zero-order valence-corrected chi connectivity index (χ0v) is 15.4. The maximum absolute atomic E-state index is 11.8. The minimum Gasteiger partial charge on any atom is -0.390 e. The number of nitrogens with one attached hydrogen (secondary N) is 2. The number of aromatic nitrogens is 4. The lowest BCUT2D eigenvalue weighted by atomic mass is 10.1. The first-order valence-corrected chi connectivity index (χ1v) is 8.52. The number of esters is 4. The van der Waals surface area contributed by atoms with Crippen LogP contribution in [-0.2, 0) is 41.5 Å². The number of aromatic amines is 2. The van der Waals surface area contributed by atoms with Gasteiger partial charge in [0.05, 0.1) is 12.7 Å². The Morgan fingerprint density at radius 2 is 1.17 bits per heavy atom. The molecule has 0 radical (unpaired) electrons. The normalized spacial score (nSPS) is 14.9. The van der Waals surface area contributed by atoms with Crippen LogP contribution >= 0.6 is 0 Å². The van der Waals surface area contributed by atoms with Crippen molar-refractivity contribution in [3.8, 4) is 0 Å². The Morgan fingerprint density at radius 3 is 1.47 bits per heavy atom. The maximum Gasteiger partial charge on any atom is 0.346 e. The molecule has 0 aliphatic carbocycles. The third-order valence-electron chi connectivity index (χ3n) is 3.78. The van der Waals surface area contributed by atoms with Crippen LogP contribution in [0.25, 0.3) is 0 Å². The van der Waals surface area contributed by atoms with E-state index in [9.17, 15) is 29.4 Å². The molecule has 162 valence electrons. The first kappa shape index (κ1) is 22.8. The smallest absolute Gasteiger partial charge is 0.346 e. The van der Waals surface area contributed by atoms with Crippen LogP contribution in [0.2, 0.25) is 0 Å². The van der Waals surface area contributed by atoms with Crippen molar-refractivity contribution in [2.75, 3.05) is 0 Å². The number of nitrogens with zero attached hydrogens (tertiary/aromatic N) is 2. The van der Waals surface area contributed by atoms with Crippen LogP contribution in [0.3, 0.4) is 0 Å². The highest BCUT2D eigenvalue weighted by Crippen LogP contribution is 2.05. The van der Waals surface area contributed by atoms with Crippen LogP contribution in [0.15, 0.2) is 25.0 Å². The average molecular weight is 424 g/mol. The maximum atomic E-state index is 11.8. The molecule has 14 nitrogen and oxygen atoms in total. The lowest BCUT2D eigenvalue weighted by Gasteiger charge is -2.17. The first-order valence-electron chi connectivity index (χ1n) is 8.52. The summed E-state index contributed by atoms with van der Waals surface area (Å²) < 4.78 is 8.68. The lowest BCUT2D eigenvalue weighted by Crippen LogP contribution is -2.46. The Bertz CT molecular complexity index is 796. The van der Waals surface area contributed by atoms with E-state index in [-0.39, 0.29) is 12.8 Å². The van der Waals surface area contributed by atoms with Crippen molar-refractivity contribution < 1.29 is 38.9 Å². The Labute approximate surface area is 168 Å². The van der Waals surface area contributed by atoms with Crippen molar-refractivity contribution in [3.63, 3.8) is 0 Å². The monoisotopic (exact) mass is 424 g/mol. The fourth-order valence-corrected chi connectivity index (χ4v) is 2.16. The van der Waals surface area contributed by atoms with Crippen molar-refractivity contribution in [3.05, 3.63) is 36.4 Å². The molecule has 2 heterocycles. The number of hydrogen-bond acceptors (Lipinski definition) is 12. The van der Waals surface area contributed by atoms with E-state index in [1.54, 1.807) is 0 Å². The second-order valence-electron chi connectivity index (χ2n) is 6.14. The Morgan fingerprint density at radius 1 is 0.800 bits per heavy atom. The van der Waals surface area contributed by atoms with Crippen molar-refractivity contribution in [2.45, 2.75) is 37.1 Å². The summed E-state index contributed by atoms with van der Waals surface area (Å²) in [5.74, 6) is -5.74. The third kappa shape index (κ3) is 6.28. The predicted molar refractivity (Wildman–Crippen MR) is 94.7 cm³/mol. The van der Waals surface area contributed by atoms with Gasteiger partial charge in [0.2, 0.25) is 0 Å². The number of nitrogens with two attached hydrogens (primary N) is 2. The molecule has 2 aromatic heterocycles. The molecule has 14 heteroatoms. The van der Waals surface area contributed by atoms with E-state index < -0.39 is 48.2 Å². The standard InChI is InChI=1S/C16H20N6O8/c17-9(1-7-3-19-5-21-7)13(25)29-15(27)11(23)12(24)16(28)30-14(26)10(18)2-8-4-20-6-22-8/h3-6,9-12,23-24H,1-2,17-18H2,(H,19,21)(H,20,22)/t9-,10-,11?,12?/m1/s1. The highest BCUT2D eigenvalue weighted by Gasteiger charge is 2.36. The SMILES string of the molecule is N[C@H](Cc1cnc[nH]1)C(=O)OC(=O)C(O)C(O)C(=O)OC(=O)[C@H](N)Cc1cnc[nH]1. The number of aliphatic hydroxyl groups excluding tert-OH is 2. The summed E-state index contributed by atoms with van der Waals surface area (Å²) in [4.78, 5) is 60.0. The molecule has 0 amide bonds. The summed E-state index contributed by atoms with van der Waals surface area (Å²) in [5.41, 5.74) is 12.1. The Kier molecular flexibility index (Phi) is 7.88. The molecule has 0 aromatic carbocycles. The average Bonchev–Trinajstić information content (AvgIpc) is 3.40. The number of hydrogen-bond donors (Lipinski definition) is 6. The minimum atomic E-state index is -2.50. The number of imidazole rings is 2. The van der Waals surface area contributed by atoms with Gasteiger partial charge in [0.1, 0.15) is 12.1 Å². The largest absolute Gasteiger partial charge is 0.390 e. The van der Waals surface area contributed by atoms with Crippen LogP contribution in [0.5, 0.6) is 0 Å². The highest BCUT2D eigenvalue weighted by atomic mass is 16.6. The van der Waals surface area contributed by atoms with E-state index in [0.717, 1.165) is 0 Å². The van der Waals surface area contributed by atoms with E-state index in [1.165, 1.54) is 25.0 Å². The molecule has 0 saturated heterocycles. The van der Waals surface area contributed by atoms with Gasteiger partial charge in [-0.25, -0.2) is 29.1 Å². The van der Waals surface area contributed by atoms with Gasteiger partial charge in [-0.3, -0.25) is 0 Å². The van der Waals surface area contributed by atoms with Gasteiger partial charge in [-0.15, -0.1) is 0 Å². The molecular formula is C16H20N6O8. The molecule has 0 aliphatic heterocycles. The molecule has 4 atom stereocenters. The first-order chi connectivity index (χ1) is 14.2. The molecule has 0 fully saturated rings. The van der Waals surface area contributed by atoms with Crippen molar-refractivity contribution in [1.29, 1.82) is 0 Å². The summed E-state index contributed by atoms with van der Waals surface area (Å²) in [6.45, 7) is 0. The summed E-state index contributed by atoms with van der Waals surface area (Å²) in [7, 11) is 0. The molecule has 2 unspecified atom stereocenters. The summed E-state index contributed by atoms with van der Waals surface area (Å²) in [5, 5.41) is 19.4. The second kappa shape index (κ2) is 10.4. The summed E-state index contributed by atoms with van der Waals surface area (Å²) in [6, 6.07) is -2.57. The molecule has 8 N–H and O–H groups in total. The number of aliphatic hydroxyl groups is 2. The van der Waals surface area contributed by atoms with E-state index in [4.69, 9.17) is 11.5 Å². The molecule has 0 saturated carbocycles. The minimum absolute atomic E-state index is 0.0461. The highest BCUT2D eigenvalue weighted by molar-refractivity contribution is 5.96. The zero-order valence-electron chi connectivity index (χ0n) is 15.4. The van der Waals surface area contributed by atoms with E-state index >= 15 is 0 Å². The van der Waals surface area contributed by atoms with Gasteiger partial charge in [0.15, 0.2) is 12.2 Å². The number of carbonyl (C=O) groups is 4. The fourth-order valence-electron chi connectivity index (χ4n) is 2.16. The Hall–Kier alpha value is -3.46. The fraction of sp³-hybridized carbons (Fsp3) is 0.375. The second-order valence-corrected chi connectivity index (χ2v) is 6.14. The van der Waals surface area contributed by atoms with Gasteiger partial charge in [-0.1, -0.05) is 0 Å². The Balaban J connectivity index is 1.82. The van der Waals surface area contributed by atoms with Crippen molar-refractivity contribution in [1.82, 2.24) is 19.9 Å². The van der Waals surface area contributed by atoms with Gasteiger partial charge >= 0.3 is 23.9 Å². The molecule has 0 spiro atoms. The van der Waals surface area contributed by atoms with Gasteiger partial charge < -0.3 is 41.1 Å². The van der Waals surface area contributed by atoms with E-state index in [0.29, 0.717) is 11.4 Å². The van der Waals surface area contributed by atoms with Crippen molar-refractivity contribution in [2.24, 2.45) is 11.5 Å². The molecule has 0 aliphatic rings. The zero-order chi connectivity index (χ0) is 22.3. The number of carbonyl (C=O) groups excluding carboxylic acids is 4. The lowest BCUT2D eigenvalue weighted by molar-refractivity contribution is -0.181. The molecule has 0 bridgehead atoms. The molecular weight excluding hydrogens is 404 g/mol. The molecule has 30 heavy (non-hydrogen) atoms. The predicted octanol–water partition coefficient (Wildman–Crippen LogP) is -3.57. The van der Waals surface area contributed by atoms with Gasteiger partial charge in [0, 0.05) is 36.6 Å². The van der Waals surface area contributed by atoms with Gasteiger partial charge in [0.25, 0.3) is 0 Å². The van der Waals surface area contributed by atoms with Crippen LogP contribution < -0.4 is 11.5 Å². The topological polar surface area (TPSA) is 237 Å². The van der Waals surface area contributed by atoms with Crippen LogP contribution in [0.4, 0.5) is 0 Å². The van der Waals surface area contributed by atoms with Crippen LogP contribution in [0, 0.1) is 0 Å². The third-order valence-corrected chi connectivity index (χ3v) is 3.78. The summed E-state index contributed by atoms with van der Waals surface area (Å²) in [6.07, 6.45) is 0.411. The van der Waals surface area contributed by atoms with Crippen LogP contribution in [-0.4, -0.2) is 78.3 Å². The molecule has 2 rings (SSSR count). The molecule has 2 aromatic rings. The van der Waals surface area contributed by atoms with E-state index in [1.807, 2.05) is 0 Å². The quantitative estimate of drug-likeness (QED) is 0.169. The summed E-state index contributed by atoms with van der Waals surface area (Å²) >= 11 is 0. The van der Waals surface area contributed by atoms with Gasteiger partial charge in [-0.2, -0.15) is 0 Å². The number of ether oxygens (including phenoxy) is 2. The van der Waals surface area contributed by atoms with Crippen LogP contribution in [0.1, 0.15) is 11.4 Å². The number of rotatable bonds is 9. The van der Waals surface area contributed by atoms with E-state index in [2.05, 4.69) is 29.4 Å². The van der Waals surface area contributed by atoms with Gasteiger partial charge in [-0.05, 0) is 0 Å². The number of H-pyrrole nitrogens is 2. The van der Waals surface area contributed by atoms with Crippen molar-refractivity contribution >= 4 is 23.9 Å².